The van der Waals surface area contributed by atoms with E-state index in [0.29, 0.717) is 0 Å². The number of benzene rings is 2. The predicted octanol–water partition coefficient (Wildman–Crippen LogP) is 3.70. The molecular weight excluding hydrogens is 286 g/mol. The number of ketones is 1. The number of carbonyl (C=O) groups excluding carboxylic acids is 1. The van der Waals surface area contributed by atoms with E-state index in [2.05, 4.69) is 4.90 Å². The van der Waals surface area contributed by atoms with Gasteiger partial charge < -0.3 is 9.64 Å². The molecule has 0 aliphatic carbocycles. The first kappa shape index (κ1) is 17.0. The highest BCUT2D eigenvalue weighted by molar-refractivity contribution is 6.07. The van der Waals surface area contributed by atoms with Gasteiger partial charge in [0.15, 0.2) is 5.78 Å². The number of hydrogen-bond acceptors (Lipinski definition) is 3. The van der Waals surface area contributed by atoms with Crippen molar-refractivity contribution in [3.05, 3.63) is 71.3 Å². The fourth-order valence-corrected chi connectivity index (χ4v) is 2.30. The molecule has 0 atom stereocenters. The van der Waals surface area contributed by atoms with Gasteiger partial charge in [-0.15, -0.1) is 0 Å². The lowest BCUT2D eigenvalue weighted by Crippen LogP contribution is -2.16. The lowest BCUT2D eigenvalue weighted by molar-refractivity contribution is 0.104. The van der Waals surface area contributed by atoms with Crippen LogP contribution >= 0.6 is 0 Å². The van der Waals surface area contributed by atoms with E-state index >= 15 is 0 Å². The average molecular weight is 309 g/mol. The second-order valence-corrected chi connectivity index (χ2v) is 5.68. The van der Waals surface area contributed by atoms with Gasteiger partial charge in [0.2, 0.25) is 0 Å². The Morgan fingerprint density at radius 2 is 1.78 bits per heavy atom. The third-order valence-electron chi connectivity index (χ3n) is 3.65. The molecule has 0 fully saturated rings. The summed E-state index contributed by atoms with van der Waals surface area (Å²) in [6.07, 6.45) is 4.34. The highest BCUT2D eigenvalue weighted by Gasteiger charge is 2.08. The van der Waals surface area contributed by atoms with Crippen LogP contribution in [0.1, 0.15) is 21.5 Å². The zero-order valence-corrected chi connectivity index (χ0v) is 14.0. The molecule has 3 heteroatoms. The highest BCUT2D eigenvalue weighted by atomic mass is 16.5. The van der Waals surface area contributed by atoms with Crippen LogP contribution in [-0.4, -0.2) is 38.4 Å². The minimum absolute atomic E-state index is 0.0372. The number of ether oxygens (including phenoxy) is 1. The minimum Gasteiger partial charge on any atom is -0.497 e. The number of carbonyl (C=O) groups is 1. The molecule has 0 unspecified atom stereocenters. The molecular formula is C20H23NO2. The first-order chi connectivity index (χ1) is 11.1. The number of hydrogen-bond donors (Lipinski definition) is 0. The van der Waals surface area contributed by atoms with E-state index in [1.165, 1.54) is 0 Å². The van der Waals surface area contributed by atoms with Crippen LogP contribution in [0.15, 0.2) is 54.6 Å². The Bertz CT molecular complexity index is 672. The van der Waals surface area contributed by atoms with Crippen molar-refractivity contribution in [1.29, 1.82) is 0 Å². The van der Waals surface area contributed by atoms with Crippen molar-refractivity contribution in [1.82, 2.24) is 4.90 Å². The molecule has 120 valence electrons. The zero-order valence-electron chi connectivity index (χ0n) is 14.0. The van der Waals surface area contributed by atoms with Gasteiger partial charge in [-0.3, -0.25) is 4.79 Å². The summed E-state index contributed by atoms with van der Waals surface area (Å²) in [7, 11) is 5.71. The van der Waals surface area contributed by atoms with Gasteiger partial charge in [-0.2, -0.15) is 0 Å². The van der Waals surface area contributed by atoms with Gasteiger partial charge in [-0.1, -0.05) is 42.5 Å². The summed E-state index contributed by atoms with van der Waals surface area (Å²) >= 11 is 0. The second-order valence-electron chi connectivity index (χ2n) is 5.68. The van der Waals surface area contributed by atoms with Gasteiger partial charge >= 0.3 is 0 Å². The van der Waals surface area contributed by atoms with Crippen LogP contribution < -0.4 is 4.74 Å². The van der Waals surface area contributed by atoms with Gasteiger partial charge in [-0.05, 0) is 49.9 Å². The largest absolute Gasteiger partial charge is 0.497 e. The van der Waals surface area contributed by atoms with Gasteiger partial charge in [-0.25, -0.2) is 0 Å². The maximum Gasteiger partial charge on any atom is 0.186 e. The molecule has 0 bridgehead atoms. The Hall–Kier alpha value is -2.39. The summed E-state index contributed by atoms with van der Waals surface area (Å²) in [6.45, 7) is 0.923. The third-order valence-corrected chi connectivity index (χ3v) is 3.65. The molecule has 0 aliphatic heterocycles. The molecule has 0 spiro atoms. The first-order valence-corrected chi connectivity index (χ1v) is 7.69. The van der Waals surface area contributed by atoms with Crippen LogP contribution in [0.2, 0.25) is 0 Å². The molecule has 23 heavy (non-hydrogen) atoms. The second kappa shape index (κ2) is 8.30. The molecule has 0 amide bonds. The highest BCUT2D eigenvalue weighted by Crippen LogP contribution is 2.15. The van der Waals surface area contributed by atoms with Crippen LogP contribution in [-0.2, 0) is 6.42 Å². The van der Waals surface area contributed by atoms with Crippen LogP contribution in [0.4, 0.5) is 0 Å². The molecule has 0 aromatic heterocycles. The molecule has 0 radical (unpaired) electrons. The summed E-state index contributed by atoms with van der Waals surface area (Å²) in [5, 5.41) is 0. The van der Waals surface area contributed by atoms with E-state index in [0.717, 1.165) is 35.4 Å². The Balaban J connectivity index is 2.11. The van der Waals surface area contributed by atoms with Crippen molar-refractivity contribution in [2.45, 2.75) is 6.42 Å². The number of allylic oxidation sites excluding steroid dienone is 1. The summed E-state index contributed by atoms with van der Waals surface area (Å²) < 4.78 is 5.13. The van der Waals surface area contributed by atoms with Gasteiger partial charge in [0, 0.05) is 12.1 Å². The molecule has 3 nitrogen and oxygen atoms in total. The molecule has 2 aromatic rings. The number of methoxy groups -OCH3 is 1. The molecule has 0 N–H and O–H groups in total. The number of nitrogens with zero attached hydrogens (tertiary/aromatic N) is 1. The molecule has 2 aromatic carbocycles. The van der Waals surface area contributed by atoms with Crippen molar-refractivity contribution in [2.75, 3.05) is 27.7 Å². The molecule has 0 aliphatic rings. The molecule has 0 saturated heterocycles. The fraction of sp³-hybridized carbons (Fsp3) is 0.250. The molecule has 2 rings (SSSR count). The smallest absolute Gasteiger partial charge is 0.186 e. The Kier molecular flexibility index (Phi) is 6.12. The number of likely N-dealkylation sites (N-methyl/N-ethyl adjacent to an activating group) is 1. The van der Waals surface area contributed by atoms with E-state index < -0.39 is 0 Å². The predicted molar refractivity (Wildman–Crippen MR) is 95.1 cm³/mol. The average Bonchev–Trinajstić information content (AvgIpc) is 2.58. The van der Waals surface area contributed by atoms with Crippen molar-refractivity contribution in [2.24, 2.45) is 0 Å². The van der Waals surface area contributed by atoms with Crippen LogP contribution in [0, 0.1) is 0 Å². The third kappa shape index (κ3) is 5.08. The van der Waals surface area contributed by atoms with E-state index in [1.54, 1.807) is 13.2 Å². The van der Waals surface area contributed by atoms with Crippen LogP contribution in [0.25, 0.3) is 6.08 Å². The van der Waals surface area contributed by atoms with Crippen LogP contribution in [0.3, 0.4) is 0 Å². The maximum atomic E-state index is 12.5. The van der Waals surface area contributed by atoms with Crippen molar-refractivity contribution >= 4 is 11.9 Å². The van der Waals surface area contributed by atoms with E-state index in [1.807, 2.05) is 68.7 Å². The minimum atomic E-state index is 0.0372. The summed E-state index contributed by atoms with van der Waals surface area (Å²) in [6, 6.07) is 15.4. The zero-order chi connectivity index (χ0) is 16.7. The van der Waals surface area contributed by atoms with Crippen molar-refractivity contribution < 1.29 is 9.53 Å². The van der Waals surface area contributed by atoms with Crippen molar-refractivity contribution in [3.8, 4) is 5.75 Å². The molecule has 0 saturated carbocycles. The lowest BCUT2D eigenvalue weighted by atomic mass is 10.00. The summed E-state index contributed by atoms with van der Waals surface area (Å²) in [4.78, 5) is 14.6. The van der Waals surface area contributed by atoms with E-state index in [9.17, 15) is 4.79 Å². The Labute approximate surface area is 138 Å². The topological polar surface area (TPSA) is 29.5 Å². The van der Waals surface area contributed by atoms with E-state index in [-0.39, 0.29) is 5.78 Å². The normalized spacial score (nSPS) is 11.1. The first-order valence-electron chi connectivity index (χ1n) is 7.69. The summed E-state index contributed by atoms with van der Waals surface area (Å²) in [5.41, 5.74) is 2.84. The van der Waals surface area contributed by atoms with E-state index in [4.69, 9.17) is 4.74 Å². The van der Waals surface area contributed by atoms with Crippen LogP contribution in [0.5, 0.6) is 5.75 Å². The quantitative estimate of drug-likeness (QED) is 0.577. The monoisotopic (exact) mass is 309 g/mol. The Morgan fingerprint density at radius 3 is 2.43 bits per heavy atom. The van der Waals surface area contributed by atoms with Gasteiger partial charge in [0.05, 0.1) is 7.11 Å². The standard InChI is InChI=1S/C20H23NO2/c1-21(2)15-14-17-6-4-5-7-19(17)20(22)13-10-16-8-11-18(23-3)12-9-16/h4-13H,14-15H2,1-3H3. The van der Waals surface area contributed by atoms with Crippen molar-refractivity contribution in [3.63, 3.8) is 0 Å². The van der Waals surface area contributed by atoms with Gasteiger partial charge in [0.25, 0.3) is 0 Å². The SMILES string of the molecule is COc1ccc(C=CC(=O)c2ccccc2CCN(C)C)cc1. The summed E-state index contributed by atoms with van der Waals surface area (Å²) in [5.74, 6) is 0.845. The van der Waals surface area contributed by atoms with Gasteiger partial charge in [0.1, 0.15) is 5.75 Å². The number of rotatable bonds is 7. The molecule has 0 heterocycles. The lowest BCUT2D eigenvalue weighted by Gasteiger charge is -2.11. The fourth-order valence-electron chi connectivity index (χ4n) is 2.30. The maximum absolute atomic E-state index is 12.5. The Morgan fingerprint density at radius 1 is 1.09 bits per heavy atom.